The molecule has 142 valence electrons. The van der Waals surface area contributed by atoms with Gasteiger partial charge in [-0.1, -0.05) is 12.1 Å². The third-order valence-electron chi connectivity index (χ3n) is 4.60. The maximum Gasteiger partial charge on any atom is 0.267 e. The van der Waals surface area contributed by atoms with Crippen molar-refractivity contribution in [3.8, 4) is 11.3 Å². The van der Waals surface area contributed by atoms with Crippen LogP contribution in [0.4, 0.5) is 11.5 Å². The van der Waals surface area contributed by atoms with E-state index in [1.807, 2.05) is 30.3 Å². The van der Waals surface area contributed by atoms with Gasteiger partial charge in [0.15, 0.2) is 5.82 Å². The summed E-state index contributed by atoms with van der Waals surface area (Å²) in [5.41, 5.74) is 1.89. The van der Waals surface area contributed by atoms with Crippen LogP contribution in [0.1, 0.15) is 12.8 Å². The molecule has 3 heterocycles. The molecule has 1 aliphatic rings. The Kier molecular flexibility index (Phi) is 5.09. The van der Waals surface area contributed by atoms with Crippen LogP contribution in [0.2, 0.25) is 0 Å². The predicted octanol–water partition coefficient (Wildman–Crippen LogP) is 1.94. The molecule has 1 aromatic carbocycles. The number of amides is 1. The average molecular weight is 376 g/mol. The van der Waals surface area contributed by atoms with E-state index in [1.165, 1.54) is 31.2 Å². The predicted molar refractivity (Wildman–Crippen MR) is 106 cm³/mol. The zero-order chi connectivity index (χ0) is 19.3. The second kappa shape index (κ2) is 7.99. The Morgan fingerprint density at radius 1 is 1.04 bits per heavy atom. The number of anilines is 2. The number of carbonyl (C=O) groups is 1. The standard InChI is InChI=1S/C20H20N6O2/c27-19(14-26-20(28)7-4-10-21-26)22-16-6-3-5-15(13-16)17-8-9-18(24-23-17)25-11-1-2-12-25/h3-10,13H,1-2,11-12,14H2,(H,22,27). The Hall–Kier alpha value is -3.55. The Balaban J connectivity index is 1.46. The minimum absolute atomic E-state index is 0.145. The normalized spacial score (nSPS) is 13.5. The quantitative estimate of drug-likeness (QED) is 0.731. The van der Waals surface area contributed by atoms with Gasteiger partial charge in [0.05, 0.1) is 5.69 Å². The number of benzene rings is 1. The van der Waals surface area contributed by atoms with E-state index in [-0.39, 0.29) is 18.0 Å². The Bertz CT molecular complexity index is 1030. The summed E-state index contributed by atoms with van der Waals surface area (Å²) in [7, 11) is 0. The van der Waals surface area contributed by atoms with Crippen LogP contribution in [0.25, 0.3) is 11.3 Å². The summed E-state index contributed by atoms with van der Waals surface area (Å²) < 4.78 is 1.11. The first-order valence-electron chi connectivity index (χ1n) is 9.20. The van der Waals surface area contributed by atoms with Crippen molar-refractivity contribution >= 4 is 17.4 Å². The van der Waals surface area contributed by atoms with Crippen LogP contribution in [0, 0.1) is 0 Å². The average Bonchev–Trinajstić information content (AvgIpc) is 3.25. The Morgan fingerprint density at radius 2 is 1.89 bits per heavy atom. The Morgan fingerprint density at radius 3 is 2.64 bits per heavy atom. The Labute approximate surface area is 161 Å². The number of hydrogen-bond donors (Lipinski definition) is 1. The molecule has 8 heteroatoms. The zero-order valence-electron chi connectivity index (χ0n) is 15.3. The zero-order valence-corrected chi connectivity index (χ0v) is 15.3. The molecule has 1 amide bonds. The molecule has 0 spiro atoms. The fraction of sp³-hybridized carbons (Fsp3) is 0.250. The minimum atomic E-state index is -0.326. The van der Waals surface area contributed by atoms with E-state index in [9.17, 15) is 9.59 Å². The molecule has 3 aromatic rings. The summed E-state index contributed by atoms with van der Waals surface area (Å²) in [5.74, 6) is 0.569. The highest BCUT2D eigenvalue weighted by atomic mass is 16.2. The van der Waals surface area contributed by atoms with Crippen LogP contribution >= 0.6 is 0 Å². The van der Waals surface area contributed by atoms with Crippen molar-refractivity contribution in [1.82, 2.24) is 20.0 Å². The van der Waals surface area contributed by atoms with Crippen molar-refractivity contribution in [3.05, 3.63) is 65.1 Å². The van der Waals surface area contributed by atoms with Crippen LogP contribution in [0.3, 0.4) is 0 Å². The molecule has 0 radical (unpaired) electrons. The summed E-state index contributed by atoms with van der Waals surface area (Å²) in [4.78, 5) is 26.1. The molecule has 0 atom stereocenters. The van der Waals surface area contributed by atoms with Crippen molar-refractivity contribution in [1.29, 1.82) is 0 Å². The van der Waals surface area contributed by atoms with Gasteiger partial charge in [0.1, 0.15) is 6.54 Å². The molecule has 1 N–H and O–H groups in total. The molecule has 0 unspecified atom stereocenters. The van der Waals surface area contributed by atoms with E-state index in [0.717, 1.165) is 34.8 Å². The van der Waals surface area contributed by atoms with Gasteiger partial charge < -0.3 is 10.2 Å². The van der Waals surface area contributed by atoms with Crippen LogP contribution in [0.5, 0.6) is 0 Å². The lowest BCUT2D eigenvalue weighted by atomic mass is 10.1. The van der Waals surface area contributed by atoms with Gasteiger partial charge in [-0.05, 0) is 43.2 Å². The first-order chi connectivity index (χ1) is 13.7. The minimum Gasteiger partial charge on any atom is -0.355 e. The molecule has 28 heavy (non-hydrogen) atoms. The number of rotatable bonds is 5. The van der Waals surface area contributed by atoms with Crippen LogP contribution < -0.4 is 15.8 Å². The molecule has 0 aliphatic carbocycles. The number of carbonyl (C=O) groups excluding carboxylic acids is 1. The number of nitrogens with zero attached hydrogens (tertiary/aromatic N) is 5. The highest BCUT2D eigenvalue weighted by molar-refractivity contribution is 5.91. The van der Waals surface area contributed by atoms with Crippen molar-refractivity contribution in [3.63, 3.8) is 0 Å². The molecule has 8 nitrogen and oxygen atoms in total. The number of aromatic nitrogens is 4. The second-order valence-electron chi connectivity index (χ2n) is 6.62. The molecule has 0 bridgehead atoms. The van der Waals surface area contributed by atoms with Gasteiger partial charge in [0.2, 0.25) is 5.91 Å². The monoisotopic (exact) mass is 376 g/mol. The molecular weight excluding hydrogens is 356 g/mol. The van der Waals surface area contributed by atoms with E-state index in [1.54, 1.807) is 6.07 Å². The lowest BCUT2D eigenvalue weighted by Gasteiger charge is -2.15. The van der Waals surface area contributed by atoms with Gasteiger partial charge in [-0.3, -0.25) is 9.59 Å². The summed E-state index contributed by atoms with van der Waals surface area (Å²) in [6, 6.07) is 14.2. The van der Waals surface area contributed by atoms with Crippen molar-refractivity contribution < 1.29 is 4.79 Å². The summed E-state index contributed by atoms with van der Waals surface area (Å²) >= 11 is 0. The molecular formula is C20H20N6O2. The van der Waals surface area contributed by atoms with Crippen LogP contribution in [-0.4, -0.2) is 39.0 Å². The second-order valence-corrected chi connectivity index (χ2v) is 6.62. The summed E-state index contributed by atoms with van der Waals surface area (Å²) in [5, 5.41) is 15.3. The van der Waals surface area contributed by atoms with Gasteiger partial charge in [-0.2, -0.15) is 5.10 Å². The molecule has 1 saturated heterocycles. The lowest BCUT2D eigenvalue weighted by molar-refractivity contribution is -0.117. The van der Waals surface area contributed by atoms with Gasteiger partial charge in [-0.25, -0.2) is 4.68 Å². The fourth-order valence-electron chi connectivity index (χ4n) is 3.19. The van der Waals surface area contributed by atoms with E-state index in [2.05, 4.69) is 25.5 Å². The van der Waals surface area contributed by atoms with E-state index >= 15 is 0 Å². The largest absolute Gasteiger partial charge is 0.355 e. The molecule has 0 saturated carbocycles. The summed E-state index contributed by atoms with van der Waals surface area (Å²) in [6.07, 6.45) is 3.85. The number of nitrogens with one attached hydrogen (secondary N) is 1. The number of hydrogen-bond acceptors (Lipinski definition) is 6. The van der Waals surface area contributed by atoms with E-state index in [4.69, 9.17) is 0 Å². The van der Waals surface area contributed by atoms with Gasteiger partial charge in [0, 0.05) is 36.6 Å². The van der Waals surface area contributed by atoms with Gasteiger partial charge in [-0.15, -0.1) is 10.2 Å². The SMILES string of the molecule is O=C(Cn1ncccc1=O)Nc1cccc(-c2ccc(N3CCCC3)nn2)c1. The maximum atomic E-state index is 12.2. The third-order valence-corrected chi connectivity index (χ3v) is 4.60. The topological polar surface area (TPSA) is 93.0 Å². The van der Waals surface area contributed by atoms with Crippen molar-refractivity contribution in [2.45, 2.75) is 19.4 Å². The molecule has 2 aromatic heterocycles. The van der Waals surface area contributed by atoms with E-state index < -0.39 is 0 Å². The smallest absolute Gasteiger partial charge is 0.267 e. The highest BCUT2D eigenvalue weighted by Crippen LogP contribution is 2.23. The van der Waals surface area contributed by atoms with Crippen molar-refractivity contribution in [2.24, 2.45) is 0 Å². The molecule has 4 rings (SSSR count). The first kappa shape index (κ1) is 17.8. The van der Waals surface area contributed by atoms with Crippen LogP contribution in [0.15, 0.2) is 59.5 Å². The first-order valence-corrected chi connectivity index (χ1v) is 9.20. The molecule has 1 fully saturated rings. The molecule has 1 aliphatic heterocycles. The van der Waals surface area contributed by atoms with Gasteiger partial charge in [0.25, 0.3) is 5.56 Å². The van der Waals surface area contributed by atoms with Crippen LogP contribution in [-0.2, 0) is 11.3 Å². The van der Waals surface area contributed by atoms with Crippen molar-refractivity contribution in [2.75, 3.05) is 23.3 Å². The fourth-order valence-corrected chi connectivity index (χ4v) is 3.19. The lowest BCUT2D eigenvalue weighted by Crippen LogP contribution is -2.28. The maximum absolute atomic E-state index is 12.2. The van der Waals surface area contributed by atoms with Gasteiger partial charge >= 0.3 is 0 Å². The highest BCUT2D eigenvalue weighted by Gasteiger charge is 2.14. The third kappa shape index (κ3) is 4.06. The van der Waals surface area contributed by atoms with E-state index in [0.29, 0.717) is 5.69 Å². The summed E-state index contributed by atoms with van der Waals surface area (Å²) in [6.45, 7) is 1.90.